The Morgan fingerprint density at radius 2 is 2.08 bits per heavy atom. The number of methoxy groups -OCH3 is 1. The van der Waals surface area contributed by atoms with Gasteiger partial charge in [-0.3, -0.25) is 4.79 Å². The molecule has 4 nitrogen and oxygen atoms in total. The largest absolute Gasteiger partial charge is 0.493 e. The van der Waals surface area contributed by atoms with Crippen LogP contribution < -0.4 is 9.47 Å². The van der Waals surface area contributed by atoms with Gasteiger partial charge in [0.2, 0.25) is 5.91 Å². The fraction of sp³-hybridized carbons (Fsp3) is 0.421. The van der Waals surface area contributed by atoms with Crippen LogP contribution in [0.4, 0.5) is 0 Å². The van der Waals surface area contributed by atoms with Crippen molar-refractivity contribution in [3.8, 4) is 11.5 Å². The van der Waals surface area contributed by atoms with E-state index < -0.39 is 0 Å². The molecule has 1 aliphatic heterocycles. The van der Waals surface area contributed by atoms with Gasteiger partial charge in [0.1, 0.15) is 0 Å². The fourth-order valence-corrected chi connectivity index (χ4v) is 2.77. The molecule has 1 heterocycles. The number of amides is 1. The smallest absolute Gasteiger partial charge is 0.246 e. The number of ether oxygens (including phenoxy) is 2. The summed E-state index contributed by atoms with van der Waals surface area (Å²) >= 11 is 6.29. The molecule has 1 aromatic rings. The highest BCUT2D eigenvalue weighted by Crippen LogP contribution is 2.36. The van der Waals surface area contributed by atoms with Gasteiger partial charge in [-0.25, -0.2) is 0 Å². The van der Waals surface area contributed by atoms with Crippen molar-refractivity contribution < 1.29 is 14.3 Å². The van der Waals surface area contributed by atoms with E-state index in [1.54, 1.807) is 25.3 Å². The van der Waals surface area contributed by atoms with E-state index in [4.69, 9.17) is 21.1 Å². The van der Waals surface area contributed by atoms with Crippen LogP contribution in [0.25, 0.3) is 6.08 Å². The number of halogens is 1. The topological polar surface area (TPSA) is 38.8 Å². The minimum absolute atomic E-state index is 0.00361. The van der Waals surface area contributed by atoms with E-state index in [0.29, 0.717) is 23.1 Å². The molecule has 1 aromatic carbocycles. The molecular formula is C19H24ClNO3. The summed E-state index contributed by atoms with van der Waals surface area (Å²) in [5.41, 5.74) is 2.01. The summed E-state index contributed by atoms with van der Waals surface area (Å²) in [6.45, 7) is 8.03. The average molecular weight is 350 g/mol. The van der Waals surface area contributed by atoms with Crippen LogP contribution in [-0.2, 0) is 4.79 Å². The molecule has 1 fully saturated rings. The lowest BCUT2D eigenvalue weighted by Gasteiger charge is -2.26. The quantitative estimate of drug-likeness (QED) is 0.566. The molecule has 0 saturated carbocycles. The second-order valence-electron chi connectivity index (χ2n) is 5.79. The van der Waals surface area contributed by atoms with Crippen LogP contribution in [0.5, 0.6) is 11.5 Å². The number of likely N-dealkylation sites (tertiary alicyclic amines) is 1. The van der Waals surface area contributed by atoms with Gasteiger partial charge >= 0.3 is 0 Å². The molecule has 0 N–H and O–H groups in total. The van der Waals surface area contributed by atoms with Gasteiger partial charge in [0.25, 0.3) is 0 Å². The molecule has 0 bridgehead atoms. The van der Waals surface area contributed by atoms with Gasteiger partial charge in [-0.05, 0) is 43.0 Å². The monoisotopic (exact) mass is 349 g/mol. The van der Waals surface area contributed by atoms with Gasteiger partial charge in [-0.1, -0.05) is 30.7 Å². The fourth-order valence-electron chi connectivity index (χ4n) is 2.50. The van der Waals surface area contributed by atoms with Gasteiger partial charge in [0.05, 0.1) is 18.7 Å². The number of benzene rings is 1. The normalized spacial score (nSPS) is 15.0. The van der Waals surface area contributed by atoms with Gasteiger partial charge < -0.3 is 14.4 Å². The summed E-state index contributed by atoms with van der Waals surface area (Å²) in [5.74, 6) is 1.11. The third kappa shape index (κ3) is 4.78. The van der Waals surface area contributed by atoms with Crippen molar-refractivity contribution in [2.45, 2.75) is 26.2 Å². The lowest BCUT2D eigenvalue weighted by atomic mass is 10.1. The second kappa shape index (κ2) is 8.78. The van der Waals surface area contributed by atoms with Crippen LogP contribution in [-0.4, -0.2) is 37.6 Å². The molecule has 1 amide bonds. The van der Waals surface area contributed by atoms with Gasteiger partial charge in [0, 0.05) is 19.2 Å². The van der Waals surface area contributed by atoms with Crippen molar-refractivity contribution in [2.24, 2.45) is 0 Å². The van der Waals surface area contributed by atoms with Crippen molar-refractivity contribution in [2.75, 3.05) is 26.8 Å². The minimum Gasteiger partial charge on any atom is -0.493 e. The summed E-state index contributed by atoms with van der Waals surface area (Å²) in [7, 11) is 1.57. The predicted molar refractivity (Wildman–Crippen MR) is 97.8 cm³/mol. The summed E-state index contributed by atoms with van der Waals surface area (Å²) < 4.78 is 11.0. The van der Waals surface area contributed by atoms with E-state index >= 15 is 0 Å². The number of nitrogens with zero attached hydrogens (tertiary/aromatic N) is 1. The highest BCUT2D eigenvalue weighted by Gasteiger charge is 2.16. The molecule has 5 heteroatoms. The second-order valence-corrected chi connectivity index (χ2v) is 6.20. The molecular weight excluding hydrogens is 326 g/mol. The molecule has 0 spiro atoms. The number of carbonyl (C=O) groups excluding carboxylic acids is 1. The SMILES string of the molecule is C=C1CCN(C(=O)/C=C/c2cc(Cl)c(OCCC)c(OC)c2)CC1. The van der Waals surface area contributed by atoms with E-state index in [1.165, 1.54) is 5.57 Å². The first-order chi connectivity index (χ1) is 11.5. The summed E-state index contributed by atoms with van der Waals surface area (Å²) in [6.07, 6.45) is 5.97. The Morgan fingerprint density at radius 3 is 2.71 bits per heavy atom. The van der Waals surface area contributed by atoms with Crippen molar-refractivity contribution in [3.63, 3.8) is 0 Å². The summed E-state index contributed by atoms with van der Waals surface area (Å²) in [6, 6.07) is 3.59. The zero-order valence-electron chi connectivity index (χ0n) is 14.3. The zero-order chi connectivity index (χ0) is 17.5. The van der Waals surface area contributed by atoms with Crippen LogP contribution in [0, 0.1) is 0 Å². The standard InChI is InChI=1S/C19H24ClNO3/c1-4-11-24-19-16(20)12-15(13-17(19)23-3)5-6-18(22)21-9-7-14(2)8-10-21/h5-6,12-13H,2,4,7-11H2,1,3H3/b6-5+. The predicted octanol–water partition coefficient (Wildman–Crippen LogP) is 4.33. The lowest BCUT2D eigenvalue weighted by molar-refractivity contribution is -0.126. The molecule has 2 rings (SSSR count). The van der Waals surface area contributed by atoms with Gasteiger partial charge in [0.15, 0.2) is 11.5 Å². The van der Waals surface area contributed by atoms with Crippen molar-refractivity contribution in [3.05, 3.63) is 40.9 Å². The summed E-state index contributed by atoms with van der Waals surface area (Å²) in [4.78, 5) is 14.1. The van der Waals surface area contributed by atoms with Crippen molar-refractivity contribution in [1.82, 2.24) is 4.90 Å². The molecule has 0 aromatic heterocycles. The Balaban J connectivity index is 2.10. The Kier molecular flexibility index (Phi) is 6.73. The van der Waals surface area contributed by atoms with Crippen LogP contribution in [0.1, 0.15) is 31.7 Å². The first-order valence-electron chi connectivity index (χ1n) is 8.19. The van der Waals surface area contributed by atoms with Crippen LogP contribution in [0.15, 0.2) is 30.4 Å². The Hall–Kier alpha value is -1.94. The molecule has 1 aliphatic rings. The van der Waals surface area contributed by atoms with Crippen LogP contribution >= 0.6 is 11.6 Å². The number of rotatable bonds is 6. The molecule has 0 atom stereocenters. The maximum Gasteiger partial charge on any atom is 0.246 e. The number of piperidine rings is 1. The van der Waals surface area contributed by atoms with E-state index in [1.807, 2.05) is 17.9 Å². The number of hydrogen-bond acceptors (Lipinski definition) is 3. The zero-order valence-corrected chi connectivity index (χ0v) is 15.1. The molecule has 1 saturated heterocycles. The molecule has 0 unspecified atom stereocenters. The van der Waals surface area contributed by atoms with Gasteiger partial charge in [-0.2, -0.15) is 0 Å². The Morgan fingerprint density at radius 1 is 1.38 bits per heavy atom. The minimum atomic E-state index is 0.00361. The summed E-state index contributed by atoms with van der Waals surface area (Å²) in [5, 5.41) is 0.476. The average Bonchev–Trinajstić information content (AvgIpc) is 2.58. The van der Waals surface area contributed by atoms with Gasteiger partial charge in [-0.15, -0.1) is 0 Å². The van der Waals surface area contributed by atoms with Crippen molar-refractivity contribution in [1.29, 1.82) is 0 Å². The highest BCUT2D eigenvalue weighted by atomic mass is 35.5. The number of hydrogen-bond donors (Lipinski definition) is 0. The molecule has 0 radical (unpaired) electrons. The third-order valence-electron chi connectivity index (χ3n) is 3.90. The lowest BCUT2D eigenvalue weighted by Crippen LogP contribution is -2.34. The van der Waals surface area contributed by atoms with Crippen LogP contribution in [0.2, 0.25) is 5.02 Å². The highest BCUT2D eigenvalue weighted by molar-refractivity contribution is 6.32. The maximum absolute atomic E-state index is 12.2. The first-order valence-corrected chi connectivity index (χ1v) is 8.57. The van der Waals surface area contributed by atoms with Crippen molar-refractivity contribution >= 4 is 23.6 Å². The van der Waals surface area contributed by atoms with E-state index in [0.717, 1.165) is 37.9 Å². The first kappa shape index (κ1) is 18.4. The number of carbonyl (C=O) groups is 1. The third-order valence-corrected chi connectivity index (χ3v) is 4.18. The van der Waals surface area contributed by atoms with Crippen LogP contribution in [0.3, 0.4) is 0 Å². The van der Waals surface area contributed by atoms with E-state index in [2.05, 4.69) is 6.58 Å². The van der Waals surface area contributed by atoms with E-state index in [9.17, 15) is 4.79 Å². The molecule has 130 valence electrons. The molecule has 0 aliphatic carbocycles. The Labute approximate surface area is 148 Å². The Bertz CT molecular complexity index is 630. The van der Waals surface area contributed by atoms with E-state index in [-0.39, 0.29) is 5.91 Å². The maximum atomic E-state index is 12.2. The molecule has 24 heavy (non-hydrogen) atoms.